The highest BCUT2D eigenvalue weighted by Gasteiger charge is 2.64. The molecule has 3 aliphatic carbocycles. The number of primary amides is 1. The monoisotopic (exact) mass is 894 g/mol. The Kier molecular flexibility index (Phi) is 14.2. The second-order valence-electron chi connectivity index (χ2n) is 17.1. The zero-order chi connectivity index (χ0) is 44.5. The Hall–Kier alpha value is -5.52. The van der Waals surface area contributed by atoms with Crippen LogP contribution in [0.4, 0.5) is 11.4 Å². The van der Waals surface area contributed by atoms with Crippen LogP contribution in [0, 0.1) is 11.8 Å². The standard InChI is InChI=1S/C49H55N4O8P.ClH/c1-52(2)37-29-36(43(55)40-34(37)27-30-28-35-42(53(3)4)45(57)41(48(50)60)47(59)49(35,61)46(58)39(30)44(40)56)51-38(54)25-17-6-5-7-18-26-62(31-19-11-8-12-20-31,32-21-13-9-14-22-32)33-23-15-10-16-24-33;/h8-16,19-24,29-30,35,42,61H,5-7,17-18,25-28H2,1-4H3,(H5-,50,51,54,55,56,57,58,59,60);1H/t30-,35-,42-,49-;/m0./s1. The summed E-state index contributed by atoms with van der Waals surface area (Å²) in [7, 11) is 4.76. The highest BCUT2D eigenvalue weighted by molar-refractivity contribution is 7.95. The second kappa shape index (κ2) is 19.1. The SMILES string of the molecule is CN(C)c1cc(NC(=O)CCCCCCC[P+](c2ccccc2)(c2ccccc2)c2ccccc2)c(O)c2c1C[C@H]1C[C@H]3[C@H](N(C)C)C(=O)C(C(N)=O)=C(O)[C@@]3(O)C(=O)C1=C2O.[Cl-]. The molecule has 0 aromatic heterocycles. The Labute approximate surface area is 375 Å². The van der Waals surface area contributed by atoms with Crippen molar-refractivity contribution in [1.29, 1.82) is 0 Å². The average Bonchev–Trinajstić information content (AvgIpc) is 3.24. The van der Waals surface area contributed by atoms with Crippen molar-refractivity contribution >= 4 is 63.7 Å². The summed E-state index contributed by atoms with van der Waals surface area (Å²) in [4.78, 5) is 56.8. The Bertz CT molecular complexity index is 2350. The van der Waals surface area contributed by atoms with Crippen LogP contribution < -0.4 is 44.3 Å². The van der Waals surface area contributed by atoms with Crippen molar-refractivity contribution in [3.8, 4) is 5.75 Å². The number of nitrogens with zero attached hydrogens (tertiary/aromatic N) is 2. The van der Waals surface area contributed by atoms with Crippen LogP contribution in [0.15, 0.2) is 114 Å². The Morgan fingerprint density at radius 1 is 0.810 bits per heavy atom. The van der Waals surface area contributed by atoms with Crippen LogP contribution in [0.5, 0.6) is 5.75 Å². The molecular weight excluding hydrogens is 839 g/mol. The number of likely N-dealkylation sites (N-methyl/N-ethyl adjacent to an activating group) is 1. The minimum Gasteiger partial charge on any atom is -1.00 e. The van der Waals surface area contributed by atoms with Crippen molar-refractivity contribution in [1.82, 2.24) is 4.90 Å². The summed E-state index contributed by atoms with van der Waals surface area (Å²) < 4.78 is 0. The van der Waals surface area contributed by atoms with E-state index < -0.39 is 71.1 Å². The van der Waals surface area contributed by atoms with Gasteiger partial charge in [-0.25, -0.2) is 0 Å². The minimum atomic E-state index is -2.74. The van der Waals surface area contributed by atoms with E-state index >= 15 is 0 Å². The highest BCUT2D eigenvalue weighted by atomic mass is 35.5. The van der Waals surface area contributed by atoms with Crippen molar-refractivity contribution in [2.75, 3.05) is 44.6 Å². The first kappa shape index (κ1) is 47.0. The van der Waals surface area contributed by atoms with E-state index in [0.29, 0.717) is 17.7 Å². The molecule has 4 atom stereocenters. The molecule has 332 valence electrons. The molecule has 0 aliphatic heterocycles. The predicted molar refractivity (Wildman–Crippen MR) is 245 cm³/mol. The number of phenols is 1. The second-order valence-corrected chi connectivity index (χ2v) is 20.7. The summed E-state index contributed by atoms with van der Waals surface area (Å²) >= 11 is 0. The maximum absolute atomic E-state index is 14.3. The van der Waals surface area contributed by atoms with Gasteiger partial charge in [-0.05, 0) is 100 Å². The van der Waals surface area contributed by atoms with Gasteiger partial charge in [-0.15, -0.1) is 0 Å². The number of ketones is 2. The molecule has 2 amide bonds. The number of benzene rings is 4. The summed E-state index contributed by atoms with van der Waals surface area (Å²) in [5.41, 5.74) is 2.64. The summed E-state index contributed by atoms with van der Waals surface area (Å²) in [6.07, 6.45) is 5.76. The van der Waals surface area contributed by atoms with E-state index in [4.69, 9.17) is 5.73 Å². The molecule has 1 fully saturated rings. The molecule has 7 N–H and O–H groups in total. The number of aromatic hydroxyl groups is 1. The van der Waals surface area contributed by atoms with Gasteiger partial charge >= 0.3 is 0 Å². The number of halogens is 1. The molecule has 14 heteroatoms. The number of hydrogen-bond donors (Lipinski definition) is 6. The van der Waals surface area contributed by atoms with Crippen LogP contribution in [0.2, 0.25) is 0 Å². The quantitative estimate of drug-likeness (QED) is 0.0447. The van der Waals surface area contributed by atoms with Crippen LogP contribution in [0.25, 0.3) is 5.76 Å². The number of Topliss-reactive ketones (excluding diaryl/α,β-unsaturated/α-hetero) is 2. The van der Waals surface area contributed by atoms with Gasteiger partial charge in [0.2, 0.25) is 11.7 Å². The Morgan fingerprint density at radius 3 is 1.84 bits per heavy atom. The zero-order valence-electron chi connectivity index (χ0n) is 36.1. The van der Waals surface area contributed by atoms with E-state index in [2.05, 4.69) is 96.3 Å². The maximum Gasteiger partial charge on any atom is 0.255 e. The largest absolute Gasteiger partial charge is 1.00 e. The third kappa shape index (κ3) is 8.37. The summed E-state index contributed by atoms with van der Waals surface area (Å²) in [5.74, 6) is -7.62. The topological polar surface area (TPSA) is 194 Å². The third-order valence-electron chi connectivity index (χ3n) is 12.9. The molecular formula is C49H56ClN4O8P. The molecule has 12 nitrogen and oxygen atoms in total. The van der Waals surface area contributed by atoms with E-state index in [-0.39, 0.29) is 54.4 Å². The Balaban J connectivity index is 0.00000661. The first-order valence-electron chi connectivity index (χ1n) is 21.2. The van der Waals surface area contributed by atoms with Crippen LogP contribution in [-0.2, 0) is 25.6 Å². The number of unbranched alkanes of at least 4 members (excludes halogenated alkanes) is 4. The van der Waals surface area contributed by atoms with E-state index in [1.165, 1.54) is 20.8 Å². The van der Waals surface area contributed by atoms with Crippen LogP contribution in [0.3, 0.4) is 0 Å². The maximum atomic E-state index is 14.3. The molecule has 63 heavy (non-hydrogen) atoms. The first-order valence-corrected chi connectivity index (χ1v) is 23.2. The lowest BCUT2D eigenvalue weighted by molar-refractivity contribution is -0.153. The highest BCUT2D eigenvalue weighted by Crippen LogP contribution is 2.57. The molecule has 0 bridgehead atoms. The van der Waals surface area contributed by atoms with E-state index in [1.807, 2.05) is 0 Å². The zero-order valence-corrected chi connectivity index (χ0v) is 37.7. The number of aliphatic hydroxyl groups is 3. The summed E-state index contributed by atoms with van der Waals surface area (Å²) in [6, 6.07) is 32.9. The van der Waals surface area contributed by atoms with Crippen molar-refractivity contribution in [3.05, 3.63) is 125 Å². The van der Waals surface area contributed by atoms with Crippen molar-refractivity contribution in [2.45, 2.75) is 63.0 Å². The average molecular weight is 895 g/mol. The number of anilines is 2. The van der Waals surface area contributed by atoms with Gasteiger partial charge in [0.25, 0.3) is 5.91 Å². The van der Waals surface area contributed by atoms with Gasteiger partial charge < -0.3 is 48.8 Å². The molecule has 0 unspecified atom stereocenters. The molecule has 0 saturated heterocycles. The van der Waals surface area contributed by atoms with Gasteiger partial charge in [-0.2, -0.15) is 0 Å². The molecule has 0 spiro atoms. The fraction of sp³-hybridized carbons (Fsp3) is 0.347. The van der Waals surface area contributed by atoms with Gasteiger partial charge in [-0.1, -0.05) is 67.4 Å². The lowest BCUT2D eigenvalue weighted by Crippen LogP contribution is -3.00. The minimum absolute atomic E-state index is 0. The molecule has 4 aromatic carbocycles. The number of fused-ring (bicyclic) bond motifs is 3. The molecule has 3 aliphatic rings. The first-order chi connectivity index (χ1) is 29.6. The van der Waals surface area contributed by atoms with Crippen molar-refractivity contribution in [2.24, 2.45) is 17.6 Å². The summed E-state index contributed by atoms with van der Waals surface area (Å²) in [6.45, 7) is 0. The lowest BCUT2D eigenvalue weighted by Gasteiger charge is -2.50. The van der Waals surface area contributed by atoms with E-state index in [1.54, 1.807) is 39.2 Å². The van der Waals surface area contributed by atoms with Crippen LogP contribution in [-0.4, -0.2) is 94.7 Å². The molecule has 7 rings (SSSR count). The van der Waals surface area contributed by atoms with Gasteiger partial charge in [-0.3, -0.25) is 24.1 Å². The number of nitrogens with one attached hydrogen (secondary N) is 1. The van der Waals surface area contributed by atoms with Crippen LogP contribution in [0.1, 0.15) is 56.1 Å². The normalized spacial score (nSPS) is 20.7. The number of carbonyl (C=O) groups excluding carboxylic acids is 4. The van der Waals surface area contributed by atoms with Gasteiger partial charge in [0, 0.05) is 37.7 Å². The lowest BCUT2D eigenvalue weighted by atomic mass is 9.57. The number of aliphatic hydroxyl groups excluding tert-OH is 2. The summed E-state index contributed by atoms with van der Waals surface area (Å²) in [5, 5.41) is 53.5. The van der Waals surface area contributed by atoms with E-state index in [0.717, 1.165) is 31.8 Å². The molecule has 0 radical (unpaired) electrons. The number of carbonyl (C=O) groups is 4. The fourth-order valence-electron chi connectivity index (χ4n) is 10.0. The molecule has 4 aromatic rings. The smallest absolute Gasteiger partial charge is 0.255 e. The van der Waals surface area contributed by atoms with Gasteiger partial charge in [0.1, 0.15) is 46.0 Å². The molecule has 0 heterocycles. The predicted octanol–water partition coefficient (Wildman–Crippen LogP) is 2.31. The number of nitrogens with two attached hydrogens (primary N) is 1. The van der Waals surface area contributed by atoms with Crippen molar-refractivity contribution in [3.63, 3.8) is 0 Å². The number of rotatable bonds is 15. The fourth-order valence-corrected chi connectivity index (χ4v) is 14.5. The number of phenolic OH excluding ortho intramolecular Hbond substituents is 1. The Morgan fingerprint density at radius 2 is 1.33 bits per heavy atom. The van der Waals surface area contributed by atoms with Gasteiger partial charge in [0.15, 0.2) is 11.4 Å². The van der Waals surface area contributed by atoms with E-state index in [9.17, 15) is 39.6 Å². The molecule has 1 saturated carbocycles. The van der Waals surface area contributed by atoms with Crippen LogP contribution >= 0.6 is 7.26 Å². The van der Waals surface area contributed by atoms with Crippen molar-refractivity contribution < 1.29 is 52.0 Å². The third-order valence-corrected chi connectivity index (χ3v) is 17.5. The number of amides is 2. The number of hydrogen-bond acceptors (Lipinski definition) is 10. The van der Waals surface area contributed by atoms with Gasteiger partial charge in [0.05, 0.1) is 23.5 Å².